The lowest BCUT2D eigenvalue weighted by atomic mass is 9.92. The quantitative estimate of drug-likeness (QED) is 0.581. The molecule has 0 bridgehead atoms. The Morgan fingerprint density at radius 2 is 1.91 bits per heavy atom. The Bertz CT molecular complexity index is 1260. The van der Waals surface area contributed by atoms with Crippen molar-refractivity contribution < 1.29 is 9.53 Å². The minimum Gasteiger partial charge on any atom is -0.478 e. The molecular weight excluding hydrogens is 430 g/mol. The maximum absolute atomic E-state index is 12.6. The van der Waals surface area contributed by atoms with Gasteiger partial charge in [0.1, 0.15) is 5.82 Å². The van der Waals surface area contributed by atoms with E-state index in [0.717, 1.165) is 46.7 Å². The maximum atomic E-state index is 12.6. The van der Waals surface area contributed by atoms with Crippen LogP contribution in [-0.2, 0) is 11.8 Å². The van der Waals surface area contributed by atoms with Crippen molar-refractivity contribution in [1.82, 2.24) is 14.9 Å². The number of nitrogens with zero attached hydrogens (tertiary/aromatic N) is 3. The summed E-state index contributed by atoms with van der Waals surface area (Å²) in [5.74, 6) is 2.13. The van der Waals surface area contributed by atoms with Gasteiger partial charge in [-0.25, -0.2) is 4.98 Å². The van der Waals surface area contributed by atoms with Crippen LogP contribution < -0.4 is 25.8 Å². The highest BCUT2D eigenvalue weighted by Gasteiger charge is 2.23. The molecule has 1 aliphatic heterocycles. The zero-order valence-corrected chi connectivity index (χ0v) is 20.5. The number of carbonyl (C=O) groups excluding carboxylic acids is 1. The van der Waals surface area contributed by atoms with Gasteiger partial charge < -0.3 is 24.8 Å². The Morgan fingerprint density at radius 3 is 2.62 bits per heavy atom. The van der Waals surface area contributed by atoms with E-state index < -0.39 is 0 Å². The van der Waals surface area contributed by atoms with Gasteiger partial charge in [0, 0.05) is 56.2 Å². The number of anilines is 3. The molecule has 4 rings (SSSR count). The zero-order chi connectivity index (χ0) is 24.4. The van der Waals surface area contributed by atoms with Crippen molar-refractivity contribution in [3.05, 3.63) is 52.4 Å². The van der Waals surface area contributed by atoms with Crippen LogP contribution in [0.4, 0.5) is 17.2 Å². The van der Waals surface area contributed by atoms with Gasteiger partial charge in [-0.15, -0.1) is 0 Å². The molecular formula is C26H33N5O3. The van der Waals surface area contributed by atoms with E-state index in [4.69, 9.17) is 9.72 Å². The van der Waals surface area contributed by atoms with Crippen LogP contribution in [0.1, 0.15) is 25.8 Å². The Hall–Kier alpha value is -3.55. The second-order valence-electron chi connectivity index (χ2n) is 9.44. The molecule has 1 aliphatic rings. The molecule has 180 valence electrons. The van der Waals surface area contributed by atoms with Crippen molar-refractivity contribution in [3.63, 3.8) is 0 Å². The van der Waals surface area contributed by atoms with E-state index in [-0.39, 0.29) is 23.8 Å². The number of fused-ring (bicyclic) bond motifs is 1. The number of piperidine rings is 1. The number of aromatic nitrogens is 2. The predicted molar refractivity (Wildman–Crippen MR) is 136 cm³/mol. The SMILES string of the molecule is CNC(=O)COc1cc2cc(Nc3cc(N4CC(C)CC(C)C4)ncc3C)ccc2n(C)c1=O. The number of nitrogens with one attached hydrogen (secondary N) is 2. The average Bonchev–Trinajstić information content (AvgIpc) is 2.81. The number of aryl methyl sites for hydroxylation is 2. The number of amides is 1. The average molecular weight is 464 g/mol. The van der Waals surface area contributed by atoms with Gasteiger partial charge in [-0.2, -0.15) is 0 Å². The molecule has 0 radical (unpaired) electrons. The van der Waals surface area contributed by atoms with Gasteiger partial charge in [-0.05, 0) is 55.0 Å². The first-order chi connectivity index (χ1) is 16.2. The first-order valence-electron chi connectivity index (χ1n) is 11.7. The minimum atomic E-state index is -0.293. The maximum Gasteiger partial charge on any atom is 0.293 e. The van der Waals surface area contributed by atoms with E-state index in [1.165, 1.54) is 18.0 Å². The molecule has 1 amide bonds. The number of hydrogen-bond acceptors (Lipinski definition) is 6. The fraction of sp³-hybridized carbons (Fsp3) is 0.423. The third-order valence-corrected chi connectivity index (χ3v) is 6.39. The van der Waals surface area contributed by atoms with Crippen LogP contribution in [0.15, 0.2) is 41.3 Å². The number of likely N-dealkylation sites (N-methyl/N-ethyl adjacent to an activating group) is 1. The Balaban J connectivity index is 1.62. The van der Waals surface area contributed by atoms with Crippen molar-refractivity contribution in [1.29, 1.82) is 0 Å². The summed E-state index contributed by atoms with van der Waals surface area (Å²) in [5.41, 5.74) is 3.44. The largest absolute Gasteiger partial charge is 0.478 e. The van der Waals surface area contributed by atoms with Crippen LogP contribution >= 0.6 is 0 Å². The van der Waals surface area contributed by atoms with Crippen molar-refractivity contribution in [2.45, 2.75) is 27.2 Å². The summed E-state index contributed by atoms with van der Waals surface area (Å²) in [6.07, 6.45) is 3.17. The predicted octanol–water partition coefficient (Wildman–Crippen LogP) is 3.59. The van der Waals surface area contributed by atoms with Crippen LogP contribution in [0.25, 0.3) is 10.9 Å². The van der Waals surface area contributed by atoms with Gasteiger partial charge in [-0.1, -0.05) is 13.8 Å². The van der Waals surface area contributed by atoms with Gasteiger partial charge in [0.15, 0.2) is 12.4 Å². The monoisotopic (exact) mass is 463 g/mol. The Morgan fingerprint density at radius 1 is 1.18 bits per heavy atom. The van der Waals surface area contributed by atoms with E-state index >= 15 is 0 Å². The molecule has 1 aromatic carbocycles. The lowest BCUT2D eigenvalue weighted by Gasteiger charge is -2.36. The molecule has 8 heteroatoms. The summed E-state index contributed by atoms with van der Waals surface area (Å²) in [4.78, 5) is 31.2. The summed E-state index contributed by atoms with van der Waals surface area (Å²) >= 11 is 0. The van der Waals surface area contributed by atoms with E-state index in [1.807, 2.05) is 31.3 Å². The van der Waals surface area contributed by atoms with Crippen LogP contribution in [0.2, 0.25) is 0 Å². The molecule has 3 aromatic rings. The van der Waals surface area contributed by atoms with Crippen molar-refractivity contribution in [2.75, 3.05) is 37.0 Å². The number of hydrogen-bond donors (Lipinski definition) is 2. The molecule has 0 aliphatic carbocycles. The number of benzene rings is 1. The summed E-state index contributed by atoms with van der Waals surface area (Å²) in [6.45, 7) is 8.46. The molecule has 34 heavy (non-hydrogen) atoms. The number of pyridine rings is 2. The summed E-state index contributed by atoms with van der Waals surface area (Å²) < 4.78 is 7.01. The third kappa shape index (κ3) is 5.00. The summed E-state index contributed by atoms with van der Waals surface area (Å²) in [7, 11) is 3.23. The van der Waals surface area contributed by atoms with Crippen molar-refractivity contribution >= 4 is 34.0 Å². The second kappa shape index (κ2) is 9.75. The van der Waals surface area contributed by atoms with Gasteiger partial charge in [0.05, 0.1) is 5.52 Å². The molecule has 8 nitrogen and oxygen atoms in total. The smallest absolute Gasteiger partial charge is 0.293 e. The minimum absolute atomic E-state index is 0.145. The molecule has 3 heterocycles. The molecule has 1 saturated heterocycles. The molecule has 2 unspecified atom stereocenters. The lowest BCUT2D eigenvalue weighted by Crippen LogP contribution is -2.39. The van der Waals surface area contributed by atoms with Gasteiger partial charge in [-0.3, -0.25) is 9.59 Å². The summed E-state index contributed by atoms with van der Waals surface area (Å²) in [5, 5.41) is 6.85. The standard InChI is InChI=1S/C26H33N5O3/c1-16-8-17(2)14-31(13-16)24-11-21(18(3)12-28-24)29-20-6-7-22-19(9-20)10-23(26(33)30(22)5)34-15-25(32)27-4/h6-7,9-12,16-17H,8,13-15H2,1-5H3,(H,27,32)(H,28,29). The lowest BCUT2D eigenvalue weighted by molar-refractivity contribution is -0.122. The fourth-order valence-corrected chi connectivity index (χ4v) is 4.68. The Labute approximate surface area is 199 Å². The molecule has 0 saturated carbocycles. The second-order valence-corrected chi connectivity index (χ2v) is 9.44. The molecule has 0 spiro atoms. The highest BCUT2D eigenvalue weighted by atomic mass is 16.5. The molecule has 2 atom stereocenters. The van der Waals surface area contributed by atoms with E-state index in [9.17, 15) is 9.59 Å². The van der Waals surface area contributed by atoms with Gasteiger partial charge in [0.25, 0.3) is 11.5 Å². The zero-order valence-electron chi connectivity index (χ0n) is 20.5. The van der Waals surface area contributed by atoms with Crippen LogP contribution in [0.3, 0.4) is 0 Å². The van der Waals surface area contributed by atoms with E-state index in [1.54, 1.807) is 13.1 Å². The van der Waals surface area contributed by atoms with Crippen LogP contribution in [0, 0.1) is 18.8 Å². The van der Waals surface area contributed by atoms with E-state index in [2.05, 4.69) is 35.4 Å². The first kappa shape index (κ1) is 23.6. The van der Waals surface area contributed by atoms with Crippen molar-refractivity contribution in [3.8, 4) is 5.75 Å². The fourth-order valence-electron chi connectivity index (χ4n) is 4.68. The van der Waals surface area contributed by atoms with Crippen molar-refractivity contribution in [2.24, 2.45) is 18.9 Å². The number of ether oxygens (including phenoxy) is 1. The highest BCUT2D eigenvalue weighted by Crippen LogP contribution is 2.30. The van der Waals surface area contributed by atoms with Gasteiger partial charge >= 0.3 is 0 Å². The number of carbonyl (C=O) groups is 1. The Kier molecular flexibility index (Phi) is 6.77. The molecule has 2 N–H and O–H groups in total. The van der Waals surface area contributed by atoms with Crippen LogP contribution in [0.5, 0.6) is 5.75 Å². The molecule has 1 fully saturated rings. The first-order valence-corrected chi connectivity index (χ1v) is 11.7. The van der Waals surface area contributed by atoms with E-state index in [0.29, 0.717) is 11.8 Å². The summed E-state index contributed by atoms with van der Waals surface area (Å²) in [6, 6.07) is 9.65. The van der Waals surface area contributed by atoms with Gasteiger partial charge in [0.2, 0.25) is 0 Å². The van der Waals surface area contributed by atoms with Crippen LogP contribution in [-0.4, -0.2) is 42.2 Å². The normalized spacial score (nSPS) is 18.1. The topological polar surface area (TPSA) is 88.5 Å². The highest BCUT2D eigenvalue weighted by molar-refractivity contribution is 5.85. The molecule has 2 aromatic heterocycles. The third-order valence-electron chi connectivity index (χ3n) is 6.39. The number of rotatable bonds is 6.